The molecule has 0 heterocycles. The fourth-order valence-electron chi connectivity index (χ4n) is 2.11. The molecule has 21 heavy (non-hydrogen) atoms. The van der Waals surface area contributed by atoms with Crippen molar-refractivity contribution >= 4 is 21.6 Å². The Labute approximate surface area is 133 Å². The topological polar surface area (TPSA) is 40.6 Å². The van der Waals surface area contributed by atoms with Crippen molar-refractivity contribution in [2.24, 2.45) is 0 Å². The molecule has 0 radical (unpaired) electrons. The number of hydrogen-bond donors (Lipinski definition) is 0. The lowest BCUT2D eigenvalue weighted by molar-refractivity contribution is 0.356. The minimum absolute atomic E-state index is 0.321. The summed E-state index contributed by atoms with van der Waals surface area (Å²) in [5.74, 6) is 0.321. The van der Waals surface area contributed by atoms with Crippen LogP contribution in [0.3, 0.4) is 0 Å². The Kier molecular flexibility index (Phi) is 7.13. The molecule has 0 fully saturated rings. The first-order valence-corrected chi connectivity index (χ1v) is 9.10. The highest BCUT2D eigenvalue weighted by atomic mass is 35.5. The quantitative estimate of drug-likeness (QED) is 0.687. The molecule has 0 saturated heterocycles. The Morgan fingerprint density at radius 2 is 1.86 bits per heavy atom. The maximum absolute atomic E-state index is 12.7. The first-order chi connectivity index (χ1) is 9.82. The van der Waals surface area contributed by atoms with Crippen molar-refractivity contribution in [2.75, 3.05) is 33.7 Å². The summed E-state index contributed by atoms with van der Waals surface area (Å²) in [6.07, 6.45) is 0.814. The van der Waals surface area contributed by atoms with Crippen LogP contribution in [0, 0.1) is 6.92 Å². The van der Waals surface area contributed by atoms with Crippen LogP contribution >= 0.6 is 11.6 Å². The Hall–Kier alpha value is -0.620. The lowest BCUT2D eigenvalue weighted by Gasteiger charge is -2.22. The van der Waals surface area contributed by atoms with Crippen molar-refractivity contribution in [3.63, 3.8) is 0 Å². The molecule has 1 aromatic carbocycles. The predicted molar refractivity (Wildman–Crippen MR) is 88.3 cm³/mol. The van der Waals surface area contributed by atoms with Gasteiger partial charge in [0.15, 0.2) is 0 Å². The van der Waals surface area contributed by atoms with Crippen molar-refractivity contribution in [3.05, 3.63) is 29.3 Å². The van der Waals surface area contributed by atoms with Crippen LogP contribution < -0.4 is 0 Å². The third-order valence-electron chi connectivity index (χ3n) is 3.47. The summed E-state index contributed by atoms with van der Waals surface area (Å²) < 4.78 is 26.9. The van der Waals surface area contributed by atoms with Gasteiger partial charge in [-0.05, 0) is 57.2 Å². The summed E-state index contributed by atoms with van der Waals surface area (Å²) in [6.45, 7) is 5.67. The fraction of sp³-hybridized carbons (Fsp3) is 0.600. The number of benzene rings is 1. The number of nitrogens with zero attached hydrogens (tertiary/aromatic N) is 2. The van der Waals surface area contributed by atoms with Crippen molar-refractivity contribution < 1.29 is 8.42 Å². The zero-order valence-corrected chi connectivity index (χ0v) is 14.8. The van der Waals surface area contributed by atoms with Crippen LogP contribution in [0.4, 0.5) is 0 Å². The average molecular weight is 333 g/mol. The van der Waals surface area contributed by atoms with Gasteiger partial charge in [0.05, 0.1) is 4.90 Å². The van der Waals surface area contributed by atoms with Crippen LogP contribution in [0.5, 0.6) is 0 Å². The average Bonchev–Trinajstić information content (AvgIpc) is 2.43. The van der Waals surface area contributed by atoms with Crippen LogP contribution in [-0.2, 0) is 15.9 Å². The SMILES string of the molecule is CCN(CCCN(C)C)S(=O)(=O)c1ccc(C)c(CCl)c1. The van der Waals surface area contributed by atoms with Gasteiger partial charge in [-0.15, -0.1) is 11.6 Å². The van der Waals surface area contributed by atoms with E-state index >= 15 is 0 Å². The molecule has 1 aromatic rings. The Balaban J connectivity index is 2.96. The van der Waals surface area contributed by atoms with E-state index in [0.29, 0.717) is 23.9 Å². The van der Waals surface area contributed by atoms with Gasteiger partial charge in [0, 0.05) is 19.0 Å². The monoisotopic (exact) mass is 332 g/mol. The van der Waals surface area contributed by atoms with Gasteiger partial charge >= 0.3 is 0 Å². The molecule has 0 N–H and O–H groups in total. The number of sulfonamides is 1. The highest BCUT2D eigenvalue weighted by Gasteiger charge is 2.23. The Morgan fingerprint density at radius 1 is 1.19 bits per heavy atom. The van der Waals surface area contributed by atoms with Crippen LogP contribution in [0.2, 0.25) is 0 Å². The standard InChI is InChI=1S/C15H25ClN2O2S/c1-5-18(10-6-9-17(3)4)21(19,20)15-8-7-13(2)14(11-15)12-16/h7-8,11H,5-6,9-10,12H2,1-4H3. The molecular formula is C15H25ClN2O2S. The summed E-state index contributed by atoms with van der Waals surface area (Å²) >= 11 is 5.87. The van der Waals surface area contributed by atoms with Crippen molar-refractivity contribution in [1.82, 2.24) is 9.21 Å². The van der Waals surface area contributed by atoms with Gasteiger partial charge in [0.1, 0.15) is 0 Å². The molecule has 0 amide bonds. The minimum Gasteiger partial charge on any atom is -0.309 e. The molecule has 120 valence electrons. The molecule has 0 spiro atoms. The van der Waals surface area contributed by atoms with Gasteiger partial charge in [0.2, 0.25) is 10.0 Å². The molecule has 0 saturated carbocycles. The first-order valence-electron chi connectivity index (χ1n) is 7.13. The largest absolute Gasteiger partial charge is 0.309 e. The molecule has 0 bridgehead atoms. The second-order valence-corrected chi connectivity index (χ2v) is 7.58. The second kappa shape index (κ2) is 8.13. The molecule has 0 aromatic heterocycles. The zero-order valence-electron chi connectivity index (χ0n) is 13.3. The van der Waals surface area contributed by atoms with Gasteiger partial charge in [-0.2, -0.15) is 4.31 Å². The van der Waals surface area contributed by atoms with E-state index in [4.69, 9.17) is 11.6 Å². The van der Waals surface area contributed by atoms with Crippen LogP contribution in [0.1, 0.15) is 24.5 Å². The van der Waals surface area contributed by atoms with Gasteiger partial charge in [-0.1, -0.05) is 13.0 Å². The Morgan fingerprint density at radius 3 is 2.38 bits per heavy atom. The number of alkyl halides is 1. The maximum Gasteiger partial charge on any atom is 0.243 e. The van der Waals surface area contributed by atoms with E-state index < -0.39 is 10.0 Å². The lowest BCUT2D eigenvalue weighted by atomic mass is 10.1. The molecule has 0 unspecified atom stereocenters. The molecule has 0 aliphatic carbocycles. The van der Waals surface area contributed by atoms with E-state index in [1.807, 2.05) is 34.0 Å². The van der Waals surface area contributed by atoms with Crippen molar-refractivity contribution in [2.45, 2.75) is 31.0 Å². The highest BCUT2D eigenvalue weighted by molar-refractivity contribution is 7.89. The van der Waals surface area contributed by atoms with E-state index in [2.05, 4.69) is 4.90 Å². The van der Waals surface area contributed by atoms with E-state index in [9.17, 15) is 8.42 Å². The molecule has 1 rings (SSSR count). The number of hydrogen-bond acceptors (Lipinski definition) is 3. The summed E-state index contributed by atoms with van der Waals surface area (Å²) in [5, 5.41) is 0. The lowest BCUT2D eigenvalue weighted by Crippen LogP contribution is -2.33. The summed E-state index contributed by atoms with van der Waals surface area (Å²) in [6, 6.07) is 5.17. The van der Waals surface area contributed by atoms with E-state index in [1.54, 1.807) is 12.1 Å². The first kappa shape index (κ1) is 18.4. The van der Waals surface area contributed by atoms with Crippen LogP contribution in [-0.4, -0.2) is 51.4 Å². The van der Waals surface area contributed by atoms with Crippen LogP contribution in [0.25, 0.3) is 0 Å². The van der Waals surface area contributed by atoms with E-state index in [1.165, 1.54) is 4.31 Å². The summed E-state index contributed by atoms with van der Waals surface area (Å²) in [4.78, 5) is 2.38. The molecule has 6 heteroatoms. The van der Waals surface area contributed by atoms with Gasteiger partial charge in [0.25, 0.3) is 0 Å². The molecule has 0 aliphatic heterocycles. The maximum atomic E-state index is 12.7. The minimum atomic E-state index is -3.44. The van der Waals surface area contributed by atoms with Gasteiger partial charge in [-0.3, -0.25) is 0 Å². The van der Waals surface area contributed by atoms with E-state index in [-0.39, 0.29) is 0 Å². The van der Waals surface area contributed by atoms with Crippen molar-refractivity contribution in [1.29, 1.82) is 0 Å². The van der Waals surface area contributed by atoms with Gasteiger partial charge < -0.3 is 4.90 Å². The normalized spacial score (nSPS) is 12.3. The zero-order chi connectivity index (χ0) is 16.0. The second-order valence-electron chi connectivity index (χ2n) is 5.38. The summed E-state index contributed by atoms with van der Waals surface area (Å²) in [5.41, 5.74) is 1.88. The van der Waals surface area contributed by atoms with E-state index in [0.717, 1.165) is 24.1 Å². The molecule has 0 aliphatic rings. The molecule has 4 nitrogen and oxygen atoms in total. The number of rotatable bonds is 8. The molecular weight excluding hydrogens is 308 g/mol. The Bertz CT molecular complexity index is 559. The predicted octanol–water partition coefficient (Wildman–Crippen LogP) is 2.70. The van der Waals surface area contributed by atoms with Gasteiger partial charge in [-0.25, -0.2) is 8.42 Å². The highest BCUT2D eigenvalue weighted by Crippen LogP contribution is 2.21. The number of halogens is 1. The molecule has 0 atom stereocenters. The van der Waals surface area contributed by atoms with Crippen LogP contribution in [0.15, 0.2) is 23.1 Å². The van der Waals surface area contributed by atoms with Crippen molar-refractivity contribution in [3.8, 4) is 0 Å². The summed E-state index contributed by atoms with van der Waals surface area (Å²) in [7, 11) is 0.525. The smallest absolute Gasteiger partial charge is 0.243 e. The third kappa shape index (κ3) is 4.95. The third-order valence-corrected chi connectivity index (χ3v) is 5.73. The number of aryl methyl sites for hydroxylation is 1. The fourth-order valence-corrected chi connectivity index (χ4v) is 3.94.